The molecule has 0 aliphatic carbocycles. The molecule has 1 N–H and O–H groups in total. The normalized spacial score (nSPS) is 16.5. The van der Waals surface area contributed by atoms with Gasteiger partial charge in [-0.25, -0.2) is 9.37 Å². The van der Waals surface area contributed by atoms with E-state index in [0.29, 0.717) is 39.4 Å². The molecule has 1 amide bonds. The summed E-state index contributed by atoms with van der Waals surface area (Å²) in [4.78, 5) is 33.1. The highest BCUT2D eigenvalue weighted by atomic mass is 32.1. The number of aryl methyl sites for hydroxylation is 2. The number of ketones is 1. The highest BCUT2D eigenvalue weighted by Crippen LogP contribution is 2.46. The average Bonchev–Trinajstić information content (AvgIpc) is 3.49. The Morgan fingerprint density at radius 2 is 1.85 bits per heavy atom. The fourth-order valence-corrected chi connectivity index (χ4v) is 6.00. The number of methoxy groups -OCH3 is 1. The number of hydrogen-bond acceptors (Lipinski definition) is 7. The zero-order valence-corrected chi connectivity index (χ0v) is 24.2. The van der Waals surface area contributed by atoms with Crippen molar-refractivity contribution >= 4 is 44.1 Å². The van der Waals surface area contributed by atoms with E-state index in [2.05, 4.69) is 11.9 Å². The van der Waals surface area contributed by atoms with Crippen molar-refractivity contribution in [3.05, 3.63) is 88.2 Å². The highest BCUT2D eigenvalue weighted by Gasteiger charge is 2.48. The molecule has 4 aromatic rings. The van der Waals surface area contributed by atoms with Crippen LogP contribution in [0.1, 0.15) is 54.5 Å². The number of thiazole rings is 1. The van der Waals surface area contributed by atoms with Crippen molar-refractivity contribution in [2.75, 3.05) is 18.6 Å². The minimum atomic E-state index is -1.01. The van der Waals surface area contributed by atoms with Crippen LogP contribution >= 0.6 is 11.3 Å². The first kappa shape index (κ1) is 28.3. The number of ether oxygens (including phenoxy) is 2. The van der Waals surface area contributed by atoms with Crippen molar-refractivity contribution in [1.82, 2.24) is 4.98 Å². The Morgan fingerprint density at radius 1 is 1.05 bits per heavy atom. The van der Waals surface area contributed by atoms with Gasteiger partial charge in [-0.3, -0.25) is 14.5 Å². The molecule has 1 aliphatic rings. The summed E-state index contributed by atoms with van der Waals surface area (Å²) < 4.78 is 26.1. The van der Waals surface area contributed by atoms with Gasteiger partial charge in [0, 0.05) is 5.56 Å². The second kappa shape index (κ2) is 11.7. The van der Waals surface area contributed by atoms with Gasteiger partial charge >= 0.3 is 5.91 Å². The van der Waals surface area contributed by atoms with Gasteiger partial charge in [0.1, 0.15) is 11.6 Å². The molecule has 1 unspecified atom stereocenters. The maximum atomic E-state index is 14.0. The van der Waals surface area contributed by atoms with E-state index < -0.39 is 23.5 Å². The predicted molar refractivity (Wildman–Crippen MR) is 158 cm³/mol. The molecule has 0 spiro atoms. The van der Waals surface area contributed by atoms with Gasteiger partial charge in [0.15, 0.2) is 16.6 Å². The molecule has 212 valence electrons. The second-order valence-electron chi connectivity index (χ2n) is 10.1. The van der Waals surface area contributed by atoms with Gasteiger partial charge in [-0.15, -0.1) is 0 Å². The van der Waals surface area contributed by atoms with Crippen molar-refractivity contribution in [1.29, 1.82) is 0 Å². The van der Waals surface area contributed by atoms with Crippen molar-refractivity contribution in [2.45, 2.75) is 46.1 Å². The molecule has 5 rings (SSSR count). The number of aromatic nitrogens is 1. The number of aliphatic hydroxyl groups is 1. The van der Waals surface area contributed by atoms with Gasteiger partial charge in [-0.05, 0) is 67.8 Å². The summed E-state index contributed by atoms with van der Waals surface area (Å²) in [6.07, 6.45) is 3.01. The Bertz CT molecular complexity index is 1680. The number of carbonyl (C=O) groups is 2. The van der Waals surface area contributed by atoms with Crippen molar-refractivity contribution in [3.63, 3.8) is 0 Å². The summed E-state index contributed by atoms with van der Waals surface area (Å²) in [5, 5.41) is 11.8. The van der Waals surface area contributed by atoms with Crippen molar-refractivity contribution in [3.8, 4) is 11.5 Å². The Hall–Kier alpha value is -4.24. The van der Waals surface area contributed by atoms with Crippen LogP contribution in [0.15, 0.2) is 60.2 Å². The van der Waals surface area contributed by atoms with E-state index in [1.165, 1.54) is 30.2 Å². The van der Waals surface area contributed by atoms with E-state index in [1.807, 2.05) is 26.0 Å². The number of benzene rings is 3. The van der Waals surface area contributed by atoms with Crippen LogP contribution in [0.4, 0.5) is 9.52 Å². The number of aliphatic hydroxyl groups excluding tert-OH is 1. The van der Waals surface area contributed by atoms with Gasteiger partial charge in [0.25, 0.3) is 5.78 Å². The van der Waals surface area contributed by atoms with Crippen LogP contribution in [-0.2, 0) is 9.59 Å². The summed E-state index contributed by atoms with van der Waals surface area (Å²) in [6.45, 7) is 6.36. The van der Waals surface area contributed by atoms with Crippen molar-refractivity contribution in [2.24, 2.45) is 0 Å². The SMILES string of the molecule is CCCCCOc1ccc(C2/C(=C(\O)c3cc(C)ccc3C)C(=O)C(=O)N2c2nc3ccc(F)cc3s2)cc1OC. The lowest BCUT2D eigenvalue weighted by atomic mass is 9.93. The number of anilines is 1. The first-order chi connectivity index (χ1) is 19.7. The van der Waals surface area contributed by atoms with E-state index in [9.17, 15) is 19.1 Å². The largest absolute Gasteiger partial charge is 0.507 e. The minimum absolute atomic E-state index is 0.0622. The Balaban J connectivity index is 1.68. The molecule has 1 saturated heterocycles. The van der Waals surface area contributed by atoms with E-state index in [1.54, 1.807) is 24.3 Å². The van der Waals surface area contributed by atoms with Gasteiger partial charge in [0.2, 0.25) is 0 Å². The van der Waals surface area contributed by atoms with Crippen molar-refractivity contribution < 1.29 is 28.6 Å². The molecular weight excluding hydrogens is 543 g/mol. The summed E-state index contributed by atoms with van der Waals surface area (Å²) in [6, 6.07) is 13.9. The van der Waals surface area contributed by atoms with E-state index in [4.69, 9.17) is 9.47 Å². The molecule has 1 atom stereocenters. The van der Waals surface area contributed by atoms with E-state index >= 15 is 0 Å². The number of rotatable bonds is 9. The molecule has 1 aliphatic heterocycles. The smallest absolute Gasteiger partial charge is 0.301 e. The number of carbonyl (C=O) groups excluding carboxylic acids is 2. The summed E-state index contributed by atoms with van der Waals surface area (Å²) in [5.41, 5.74) is 3.06. The minimum Gasteiger partial charge on any atom is -0.507 e. The summed E-state index contributed by atoms with van der Waals surface area (Å²) in [5.74, 6) is -1.40. The number of unbranched alkanes of at least 4 members (excludes halogenated alkanes) is 2. The maximum Gasteiger partial charge on any atom is 0.301 e. The first-order valence-corrected chi connectivity index (χ1v) is 14.3. The fourth-order valence-electron chi connectivity index (χ4n) is 4.98. The summed E-state index contributed by atoms with van der Waals surface area (Å²) >= 11 is 1.10. The van der Waals surface area contributed by atoms with Crippen LogP contribution in [0.25, 0.3) is 16.0 Å². The van der Waals surface area contributed by atoms with Crippen LogP contribution in [0.2, 0.25) is 0 Å². The molecule has 7 nitrogen and oxygen atoms in total. The molecule has 0 saturated carbocycles. The molecule has 9 heteroatoms. The molecule has 0 radical (unpaired) electrons. The molecule has 2 heterocycles. The first-order valence-electron chi connectivity index (χ1n) is 13.5. The number of hydrogen-bond donors (Lipinski definition) is 1. The van der Waals surface area contributed by atoms with Crippen LogP contribution < -0.4 is 14.4 Å². The van der Waals surface area contributed by atoms with E-state index in [-0.39, 0.29) is 16.5 Å². The topological polar surface area (TPSA) is 89.0 Å². The standard InChI is InChI=1S/C32H31FN2O5S/c1-5-6-7-14-40-24-13-10-20(16-25(24)39-4)28-27(29(36)22-15-18(2)8-9-19(22)3)30(37)31(38)35(28)32-34-23-12-11-21(33)17-26(23)41-32/h8-13,15-17,28,36H,5-7,14H2,1-4H3/b29-27+. The number of amides is 1. The van der Waals surface area contributed by atoms with Gasteiger partial charge in [-0.2, -0.15) is 0 Å². The Kier molecular flexibility index (Phi) is 8.08. The maximum absolute atomic E-state index is 14.0. The number of Topliss-reactive ketones (excluding diaryl/α,β-unsaturated/α-hetero) is 1. The fraction of sp³-hybridized carbons (Fsp3) is 0.281. The Labute approximate surface area is 241 Å². The predicted octanol–water partition coefficient (Wildman–Crippen LogP) is 7.26. The molecular formula is C32H31FN2O5S. The third-order valence-electron chi connectivity index (χ3n) is 7.15. The third-order valence-corrected chi connectivity index (χ3v) is 8.16. The lowest BCUT2D eigenvalue weighted by molar-refractivity contribution is -0.132. The van der Waals surface area contributed by atoms with Gasteiger partial charge in [-0.1, -0.05) is 54.9 Å². The molecule has 41 heavy (non-hydrogen) atoms. The van der Waals surface area contributed by atoms with Crippen LogP contribution in [0.3, 0.4) is 0 Å². The van der Waals surface area contributed by atoms with Crippen LogP contribution in [0.5, 0.6) is 11.5 Å². The molecule has 3 aromatic carbocycles. The van der Waals surface area contributed by atoms with Crippen LogP contribution in [-0.4, -0.2) is 35.5 Å². The molecule has 1 aromatic heterocycles. The second-order valence-corrected chi connectivity index (χ2v) is 11.1. The zero-order valence-electron chi connectivity index (χ0n) is 23.4. The zero-order chi connectivity index (χ0) is 29.3. The van der Waals surface area contributed by atoms with Gasteiger partial charge in [0.05, 0.1) is 35.5 Å². The Morgan fingerprint density at radius 3 is 2.61 bits per heavy atom. The third kappa shape index (κ3) is 5.41. The number of nitrogens with zero attached hydrogens (tertiary/aromatic N) is 2. The summed E-state index contributed by atoms with van der Waals surface area (Å²) in [7, 11) is 1.52. The monoisotopic (exact) mass is 574 g/mol. The molecule has 1 fully saturated rings. The van der Waals surface area contributed by atoms with E-state index in [0.717, 1.165) is 41.7 Å². The molecule has 0 bridgehead atoms. The highest BCUT2D eigenvalue weighted by molar-refractivity contribution is 7.22. The van der Waals surface area contributed by atoms with Crippen LogP contribution in [0, 0.1) is 19.7 Å². The lowest BCUT2D eigenvalue weighted by Gasteiger charge is -2.24. The quantitative estimate of drug-likeness (QED) is 0.0980. The lowest BCUT2D eigenvalue weighted by Crippen LogP contribution is -2.29. The number of halogens is 1. The number of fused-ring (bicyclic) bond motifs is 1. The average molecular weight is 575 g/mol. The van der Waals surface area contributed by atoms with Gasteiger partial charge < -0.3 is 14.6 Å².